The van der Waals surface area contributed by atoms with Crippen molar-refractivity contribution in [2.45, 2.75) is 19.3 Å². The number of rotatable bonds is 0. The van der Waals surface area contributed by atoms with Crippen LogP contribution in [0.5, 0.6) is 0 Å². The molecule has 0 aromatic rings. The average molecular weight is 110 g/mol. The van der Waals surface area contributed by atoms with E-state index < -0.39 is 0 Å². The summed E-state index contributed by atoms with van der Waals surface area (Å²) in [6, 6.07) is 0. The van der Waals surface area contributed by atoms with Crippen molar-refractivity contribution < 1.29 is 4.58 Å². The van der Waals surface area contributed by atoms with Crippen molar-refractivity contribution in [1.29, 1.82) is 0 Å². The summed E-state index contributed by atoms with van der Waals surface area (Å²) in [5, 5.41) is 0. The van der Waals surface area contributed by atoms with Crippen molar-refractivity contribution in [2.24, 2.45) is 5.92 Å². The second-order valence-corrected chi connectivity index (χ2v) is 3.05. The van der Waals surface area contributed by atoms with Crippen molar-refractivity contribution in [3.8, 4) is 0 Å². The molecule has 0 radical (unpaired) electrons. The quantitative estimate of drug-likeness (QED) is 0.407. The highest BCUT2D eigenvalue weighted by Gasteiger charge is 2.35. The summed E-state index contributed by atoms with van der Waals surface area (Å²) in [4.78, 5) is 0. The van der Waals surface area contributed by atoms with Crippen LogP contribution in [0.15, 0.2) is 0 Å². The van der Waals surface area contributed by atoms with E-state index in [1.54, 1.807) is 5.71 Å². The van der Waals surface area contributed by atoms with Crippen LogP contribution in [0, 0.1) is 5.92 Å². The van der Waals surface area contributed by atoms with Gasteiger partial charge >= 0.3 is 0 Å². The minimum absolute atomic E-state index is 1.08. The van der Waals surface area contributed by atoms with Crippen LogP contribution in [0.25, 0.3) is 0 Å². The van der Waals surface area contributed by atoms with Crippen LogP contribution < -0.4 is 0 Å². The molecule has 0 N–H and O–H groups in total. The molecule has 0 unspecified atom stereocenters. The minimum atomic E-state index is 1.08. The first-order chi connectivity index (χ1) is 3.86. The van der Waals surface area contributed by atoms with Gasteiger partial charge in [-0.15, -0.1) is 0 Å². The van der Waals surface area contributed by atoms with Crippen molar-refractivity contribution in [2.75, 3.05) is 13.6 Å². The Bertz CT molecular complexity index is 133. The van der Waals surface area contributed by atoms with Crippen molar-refractivity contribution in [3.63, 3.8) is 0 Å². The number of nitrogens with zero attached hydrogens (tertiary/aromatic N) is 1. The second kappa shape index (κ2) is 1.34. The third kappa shape index (κ3) is 0.445. The van der Waals surface area contributed by atoms with Gasteiger partial charge in [0.1, 0.15) is 13.6 Å². The van der Waals surface area contributed by atoms with E-state index in [1.165, 1.54) is 25.8 Å². The monoisotopic (exact) mass is 110 g/mol. The zero-order chi connectivity index (χ0) is 5.56. The average Bonchev–Trinajstić information content (AvgIpc) is 1.62. The topological polar surface area (TPSA) is 3.01 Å². The van der Waals surface area contributed by atoms with Gasteiger partial charge in [0.2, 0.25) is 0 Å². The summed E-state index contributed by atoms with van der Waals surface area (Å²) in [5.41, 5.74) is 1.70. The lowest BCUT2D eigenvalue weighted by Crippen LogP contribution is -2.39. The number of hydrogen-bond donors (Lipinski definition) is 0. The third-order valence-electron chi connectivity index (χ3n) is 2.46. The predicted molar refractivity (Wildman–Crippen MR) is 33.4 cm³/mol. The van der Waals surface area contributed by atoms with E-state index in [2.05, 4.69) is 11.6 Å². The molecular weight excluding hydrogens is 98.1 g/mol. The van der Waals surface area contributed by atoms with E-state index in [-0.39, 0.29) is 0 Å². The van der Waals surface area contributed by atoms with Crippen molar-refractivity contribution in [3.05, 3.63) is 0 Å². The van der Waals surface area contributed by atoms with E-state index in [9.17, 15) is 0 Å². The molecule has 0 saturated heterocycles. The molecule has 1 nitrogen and oxygen atoms in total. The highest BCUT2D eigenvalue weighted by molar-refractivity contribution is 5.86. The molecule has 1 heteroatoms. The molecule has 2 heterocycles. The molecule has 2 aliphatic heterocycles. The molecular formula is C7H12N+. The minimum Gasteiger partial charge on any atom is -0.240 e. The SMILES string of the molecule is C[N+]1=C2CC(CC1)C2. The molecule has 1 fully saturated rings. The first-order valence-corrected chi connectivity index (χ1v) is 3.42. The van der Waals surface area contributed by atoms with Gasteiger partial charge in [0.15, 0.2) is 5.71 Å². The Hall–Kier alpha value is -0.330. The highest BCUT2D eigenvalue weighted by atomic mass is 15.0. The van der Waals surface area contributed by atoms with E-state index in [0.29, 0.717) is 0 Å². The molecule has 0 atom stereocenters. The van der Waals surface area contributed by atoms with Crippen LogP contribution in [0.1, 0.15) is 19.3 Å². The van der Waals surface area contributed by atoms with Gasteiger partial charge in [0, 0.05) is 19.3 Å². The molecule has 0 amide bonds. The summed E-state index contributed by atoms with van der Waals surface area (Å²) >= 11 is 0. The lowest BCUT2D eigenvalue weighted by atomic mass is 9.78. The molecule has 0 aromatic carbocycles. The van der Waals surface area contributed by atoms with Crippen molar-refractivity contribution >= 4 is 5.71 Å². The van der Waals surface area contributed by atoms with Gasteiger partial charge in [-0.1, -0.05) is 0 Å². The summed E-state index contributed by atoms with van der Waals surface area (Å²) in [6.45, 7) is 1.32. The summed E-state index contributed by atoms with van der Waals surface area (Å²) in [5.74, 6) is 1.08. The van der Waals surface area contributed by atoms with Crippen LogP contribution in [0.3, 0.4) is 0 Å². The predicted octanol–water partition coefficient (Wildman–Crippen LogP) is 0.883. The Morgan fingerprint density at radius 1 is 1.50 bits per heavy atom. The first kappa shape index (κ1) is 4.54. The maximum Gasteiger partial charge on any atom is 0.152 e. The van der Waals surface area contributed by atoms with Gasteiger partial charge in [-0.05, 0) is 5.92 Å². The van der Waals surface area contributed by atoms with Crippen LogP contribution in [-0.2, 0) is 0 Å². The maximum absolute atomic E-state index is 2.42. The van der Waals surface area contributed by atoms with Crippen LogP contribution in [-0.4, -0.2) is 23.9 Å². The third-order valence-corrected chi connectivity index (χ3v) is 2.46. The van der Waals surface area contributed by atoms with E-state index in [1.807, 2.05) is 0 Å². The molecule has 2 bridgehead atoms. The van der Waals surface area contributed by atoms with Gasteiger partial charge in [-0.3, -0.25) is 0 Å². The fourth-order valence-corrected chi connectivity index (χ4v) is 1.66. The molecule has 0 aromatic heterocycles. The first-order valence-electron chi connectivity index (χ1n) is 3.42. The summed E-state index contributed by atoms with van der Waals surface area (Å²) in [6.07, 6.45) is 4.27. The Labute approximate surface area is 50.0 Å². The lowest BCUT2D eigenvalue weighted by Gasteiger charge is -2.30. The van der Waals surface area contributed by atoms with Gasteiger partial charge in [0.25, 0.3) is 0 Å². The van der Waals surface area contributed by atoms with Gasteiger partial charge < -0.3 is 0 Å². The van der Waals surface area contributed by atoms with Crippen LogP contribution >= 0.6 is 0 Å². The molecule has 8 heavy (non-hydrogen) atoms. The zero-order valence-corrected chi connectivity index (χ0v) is 5.35. The van der Waals surface area contributed by atoms with Gasteiger partial charge in [-0.25, -0.2) is 4.58 Å². The number of hydrogen-bond acceptors (Lipinski definition) is 0. The Morgan fingerprint density at radius 2 is 2.25 bits per heavy atom. The smallest absolute Gasteiger partial charge is 0.152 e. The molecule has 44 valence electrons. The van der Waals surface area contributed by atoms with E-state index in [0.717, 1.165) is 5.92 Å². The van der Waals surface area contributed by atoms with Crippen LogP contribution in [0.4, 0.5) is 0 Å². The Morgan fingerprint density at radius 3 is 2.50 bits per heavy atom. The Balaban J connectivity index is 2.27. The van der Waals surface area contributed by atoms with Crippen LogP contribution in [0.2, 0.25) is 0 Å². The highest BCUT2D eigenvalue weighted by Crippen LogP contribution is 2.30. The molecule has 1 aliphatic carbocycles. The normalized spacial score (nSPS) is 28.1. The standard InChI is InChI=1S/C7H12N/c1-8-3-2-6-4-7(8)5-6/h6H,2-5H2,1H3/q+1. The van der Waals surface area contributed by atoms with Gasteiger partial charge in [-0.2, -0.15) is 0 Å². The summed E-state index contributed by atoms with van der Waals surface area (Å²) in [7, 11) is 2.21. The zero-order valence-electron chi connectivity index (χ0n) is 5.35. The van der Waals surface area contributed by atoms with Gasteiger partial charge in [0.05, 0.1) is 0 Å². The maximum atomic E-state index is 2.42. The van der Waals surface area contributed by atoms with E-state index in [4.69, 9.17) is 0 Å². The fourth-order valence-electron chi connectivity index (χ4n) is 1.66. The molecule has 0 spiro atoms. The van der Waals surface area contributed by atoms with Crippen molar-refractivity contribution in [1.82, 2.24) is 0 Å². The molecule has 3 aliphatic rings. The summed E-state index contributed by atoms with van der Waals surface area (Å²) < 4.78 is 2.42. The number of fused-ring (bicyclic) bond motifs is 2. The largest absolute Gasteiger partial charge is 0.240 e. The Kier molecular flexibility index (Phi) is 0.758. The lowest BCUT2D eigenvalue weighted by molar-refractivity contribution is -0.513. The molecule has 3 rings (SSSR count). The second-order valence-electron chi connectivity index (χ2n) is 3.05. The fraction of sp³-hybridized carbons (Fsp3) is 0.857. The van der Waals surface area contributed by atoms with E-state index >= 15 is 0 Å². The molecule has 1 saturated carbocycles.